The molecule has 7 heteroatoms. The van der Waals surface area contributed by atoms with E-state index >= 15 is 0 Å². The van der Waals surface area contributed by atoms with Crippen molar-refractivity contribution in [2.45, 2.75) is 32.2 Å². The van der Waals surface area contributed by atoms with Crippen molar-refractivity contribution >= 4 is 29.2 Å². The fraction of sp³-hybridized carbons (Fsp3) is 0.353. The highest BCUT2D eigenvalue weighted by Gasteiger charge is 2.33. The van der Waals surface area contributed by atoms with Gasteiger partial charge in [-0.1, -0.05) is 35.0 Å². The maximum atomic E-state index is 12.5. The molecule has 0 saturated carbocycles. The Bertz CT molecular complexity index is 759. The second kappa shape index (κ2) is 7.05. The van der Waals surface area contributed by atoms with Crippen molar-refractivity contribution in [2.75, 3.05) is 11.9 Å². The molecule has 1 aliphatic rings. The molecule has 6 nitrogen and oxygen atoms in total. The molecule has 1 aromatic carbocycles. The van der Waals surface area contributed by atoms with E-state index in [0.717, 1.165) is 18.4 Å². The molecule has 2 amide bonds. The van der Waals surface area contributed by atoms with Crippen molar-refractivity contribution in [3.63, 3.8) is 0 Å². The van der Waals surface area contributed by atoms with Crippen LogP contribution >= 0.6 is 11.6 Å². The summed E-state index contributed by atoms with van der Waals surface area (Å²) < 4.78 is 4.88. The van der Waals surface area contributed by atoms with Gasteiger partial charge in [-0.05, 0) is 37.8 Å². The molecule has 1 fully saturated rings. The first kappa shape index (κ1) is 16.5. The summed E-state index contributed by atoms with van der Waals surface area (Å²) in [5.74, 6) is -0.442. The number of likely N-dealkylation sites (tertiary alicyclic amines) is 1. The predicted octanol–water partition coefficient (Wildman–Crippen LogP) is 2.81. The average Bonchev–Trinajstić information content (AvgIpc) is 3.18. The fourth-order valence-corrected chi connectivity index (χ4v) is 3.17. The summed E-state index contributed by atoms with van der Waals surface area (Å²) in [4.78, 5) is 26.2. The first-order valence-electron chi connectivity index (χ1n) is 7.83. The summed E-state index contributed by atoms with van der Waals surface area (Å²) >= 11 is 6.20. The summed E-state index contributed by atoms with van der Waals surface area (Å²) in [5.41, 5.74) is 0.983. The van der Waals surface area contributed by atoms with E-state index in [4.69, 9.17) is 16.1 Å². The van der Waals surface area contributed by atoms with Crippen LogP contribution in [0.4, 0.5) is 5.82 Å². The molecule has 1 aromatic heterocycles. The Labute approximate surface area is 144 Å². The molecule has 0 aliphatic carbocycles. The summed E-state index contributed by atoms with van der Waals surface area (Å²) in [6, 6.07) is 9.11. The molecule has 126 valence electrons. The van der Waals surface area contributed by atoms with Gasteiger partial charge in [-0.3, -0.25) is 14.9 Å². The van der Waals surface area contributed by atoms with Gasteiger partial charge in [0.15, 0.2) is 5.82 Å². The van der Waals surface area contributed by atoms with E-state index in [2.05, 4.69) is 10.5 Å². The molecule has 0 unspecified atom stereocenters. The number of hydrogen-bond acceptors (Lipinski definition) is 4. The number of nitrogens with one attached hydrogen (secondary N) is 1. The van der Waals surface area contributed by atoms with E-state index in [1.165, 1.54) is 0 Å². The summed E-state index contributed by atoms with van der Waals surface area (Å²) in [7, 11) is 0. The van der Waals surface area contributed by atoms with Crippen LogP contribution in [0.1, 0.15) is 24.2 Å². The number of amides is 2. The molecule has 3 rings (SSSR count). The zero-order valence-corrected chi connectivity index (χ0v) is 14.0. The lowest BCUT2D eigenvalue weighted by Gasteiger charge is -2.24. The smallest absolute Gasteiger partial charge is 0.315 e. The van der Waals surface area contributed by atoms with Gasteiger partial charge in [-0.2, -0.15) is 0 Å². The number of halogens is 1. The van der Waals surface area contributed by atoms with Crippen LogP contribution in [0.3, 0.4) is 0 Å². The lowest BCUT2D eigenvalue weighted by Crippen LogP contribution is -2.43. The van der Waals surface area contributed by atoms with Gasteiger partial charge in [0.05, 0.1) is 0 Å². The van der Waals surface area contributed by atoms with Crippen LogP contribution in [-0.4, -0.2) is 34.5 Å². The van der Waals surface area contributed by atoms with E-state index < -0.39 is 11.8 Å². The van der Waals surface area contributed by atoms with Crippen LogP contribution in [0.2, 0.25) is 5.02 Å². The Kier molecular flexibility index (Phi) is 4.85. The Morgan fingerprint density at radius 3 is 2.92 bits per heavy atom. The molecule has 0 bridgehead atoms. The van der Waals surface area contributed by atoms with Gasteiger partial charge < -0.3 is 9.42 Å². The van der Waals surface area contributed by atoms with Crippen molar-refractivity contribution in [3.8, 4) is 0 Å². The quantitative estimate of drug-likeness (QED) is 0.866. The highest BCUT2D eigenvalue weighted by atomic mass is 35.5. The number of carbonyl (C=O) groups excluding carboxylic acids is 2. The maximum Gasteiger partial charge on any atom is 0.315 e. The standard InChI is InChI=1S/C17H18ClN3O3/c1-11-9-15(20-24-11)19-16(22)17(23)21-8-4-6-13(21)10-12-5-2-3-7-14(12)18/h2-3,5,7,9,13H,4,6,8,10H2,1H3,(H,19,20,22)/t13-/m1/s1. The summed E-state index contributed by atoms with van der Waals surface area (Å²) in [6.45, 7) is 2.28. The third-order valence-corrected chi connectivity index (χ3v) is 4.48. The molecular weight excluding hydrogens is 330 g/mol. The number of hydrogen-bond donors (Lipinski definition) is 1. The third kappa shape index (κ3) is 3.59. The normalized spacial score (nSPS) is 17.1. The van der Waals surface area contributed by atoms with Gasteiger partial charge in [0.25, 0.3) is 0 Å². The first-order valence-corrected chi connectivity index (χ1v) is 8.21. The minimum Gasteiger partial charge on any atom is -0.360 e. The number of aryl methyl sites for hydroxylation is 1. The molecule has 0 spiro atoms. The predicted molar refractivity (Wildman–Crippen MR) is 89.8 cm³/mol. The largest absolute Gasteiger partial charge is 0.360 e. The van der Waals surface area contributed by atoms with Crippen molar-refractivity contribution in [3.05, 3.63) is 46.7 Å². The van der Waals surface area contributed by atoms with E-state index in [-0.39, 0.29) is 11.9 Å². The molecule has 24 heavy (non-hydrogen) atoms. The van der Waals surface area contributed by atoms with E-state index in [0.29, 0.717) is 23.7 Å². The van der Waals surface area contributed by atoms with Crippen molar-refractivity contribution in [1.29, 1.82) is 0 Å². The Balaban J connectivity index is 1.67. The zero-order chi connectivity index (χ0) is 17.1. The number of rotatable bonds is 3. The number of carbonyl (C=O) groups is 2. The van der Waals surface area contributed by atoms with Gasteiger partial charge in [0.2, 0.25) is 0 Å². The highest BCUT2D eigenvalue weighted by molar-refractivity contribution is 6.39. The zero-order valence-electron chi connectivity index (χ0n) is 13.3. The number of aromatic nitrogens is 1. The van der Waals surface area contributed by atoms with E-state index in [1.54, 1.807) is 17.9 Å². The first-order chi connectivity index (χ1) is 11.5. The molecule has 1 N–H and O–H groups in total. The minimum atomic E-state index is -0.700. The summed E-state index contributed by atoms with van der Waals surface area (Å²) in [5, 5.41) is 6.82. The molecule has 2 heterocycles. The van der Waals surface area contributed by atoms with E-state index in [9.17, 15) is 9.59 Å². The maximum absolute atomic E-state index is 12.5. The second-order valence-corrected chi connectivity index (χ2v) is 6.27. The van der Waals surface area contributed by atoms with Crippen LogP contribution < -0.4 is 5.32 Å². The SMILES string of the molecule is Cc1cc(NC(=O)C(=O)N2CCC[C@@H]2Cc2ccccc2Cl)no1. The molecular formula is C17H18ClN3O3. The molecule has 1 atom stereocenters. The Morgan fingerprint density at radius 1 is 1.42 bits per heavy atom. The summed E-state index contributed by atoms with van der Waals surface area (Å²) in [6.07, 6.45) is 2.37. The van der Waals surface area contributed by atoms with Gasteiger partial charge >= 0.3 is 11.8 Å². The topological polar surface area (TPSA) is 75.4 Å². The van der Waals surface area contributed by atoms with Crippen LogP contribution in [-0.2, 0) is 16.0 Å². The Morgan fingerprint density at radius 2 is 2.21 bits per heavy atom. The third-order valence-electron chi connectivity index (χ3n) is 4.12. The van der Waals surface area contributed by atoms with Gasteiger partial charge in [-0.25, -0.2) is 0 Å². The minimum absolute atomic E-state index is 0.0257. The van der Waals surface area contributed by atoms with Crippen LogP contribution in [0.15, 0.2) is 34.9 Å². The van der Waals surface area contributed by atoms with Crippen molar-refractivity contribution in [2.24, 2.45) is 0 Å². The second-order valence-electron chi connectivity index (χ2n) is 5.87. The monoisotopic (exact) mass is 347 g/mol. The van der Waals surface area contributed by atoms with E-state index in [1.807, 2.05) is 24.3 Å². The average molecular weight is 348 g/mol. The van der Waals surface area contributed by atoms with Gasteiger partial charge in [0, 0.05) is 23.7 Å². The van der Waals surface area contributed by atoms with Crippen molar-refractivity contribution < 1.29 is 14.1 Å². The molecule has 1 saturated heterocycles. The molecule has 0 radical (unpaired) electrons. The van der Waals surface area contributed by atoms with Crippen LogP contribution in [0.5, 0.6) is 0 Å². The highest BCUT2D eigenvalue weighted by Crippen LogP contribution is 2.25. The Hall–Kier alpha value is -2.34. The lowest BCUT2D eigenvalue weighted by molar-refractivity contribution is -0.143. The number of nitrogens with zero attached hydrogens (tertiary/aromatic N) is 2. The number of benzene rings is 1. The lowest BCUT2D eigenvalue weighted by atomic mass is 10.0. The van der Waals surface area contributed by atoms with Gasteiger partial charge in [-0.15, -0.1) is 0 Å². The van der Waals surface area contributed by atoms with Crippen LogP contribution in [0, 0.1) is 6.92 Å². The van der Waals surface area contributed by atoms with Crippen LogP contribution in [0.25, 0.3) is 0 Å². The molecule has 2 aromatic rings. The fourth-order valence-electron chi connectivity index (χ4n) is 2.96. The molecule has 1 aliphatic heterocycles. The van der Waals surface area contributed by atoms with Crippen molar-refractivity contribution in [1.82, 2.24) is 10.1 Å². The van der Waals surface area contributed by atoms with Gasteiger partial charge in [0.1, 0.15) is 5.76 Å². The number of anilines is 1.